The third kappa shape index (κ3) is 3.28. The zero-order chi connectivity index (χ0) is 18.4. The highest BCUT2D eigenvalue weighted by Crippen LogP contribution is 2.61. The number of hydrogen-bond donors (Lipinski definition) is 1. The van der Waals surface area contributed by atoms with Crippen molar-refractivity contribution in [2.45, 2.75) is 63.1 Å². The maximum Gasteiger partial charge on any atom is 0.257 e. The van der Waals surface area contributed by atoms with Gasteiger partial charge in [0.25, 0.3) is 5.22 Å². The zero-order valence-electron chi connectivity index (χ0n) is 15.9. The van der Waals surface area contributed by atoms with Crippen LogP contribution in [0.2, 0.25) is 0 Å². The Morgan fingerprint density at radius 3 is 2.52 bits per heavy atom. The highest BCUT2D eigenvalue weighted by Gasteiger charge is 2.53. The van der Waals surface area contributed by atoms with E-state index in [4.69, 9.17) is 4.42 Å². The van der Waals surface area contributed by atoms with Crippen LogP contribution in [0.5, 0.6) is 0 Å². The molecule has 1 atom stereocenters. The number of oxazole rings is 1. The van der Waals surface area contributed by atoms with Gasteiger partial charge in [-0.25, -0.2) is 4.98 Å². The molecular weight excluding hydrogens is 356 g/mol. The predicted molar refractivity (Wildman–Crippen MR) is 108 cm³/mol. The van der Waals surface area contributed by atoms with E-state index in [1.807, 2.05) is 24.3 Å². The fourth-order valence-corrected chi connectivity index (χ4v) is 7.22. The largest absolute Gasteiger partial charge is 0.431 e. The Hall–Kier alpha value is -1.49. The molecular formula is C22H28N2O2S. The van der Waals surface area contributed by atoms with Crippen molar-refractivity contribution in [1.82, 2.24) is 10.3 Å². The second-order valence-corrected chi connectivity index (χ2v) is 9.97. The number of nitrogens with one attached hydrogen (secondary N) is 1. The molecule has 2 aromatic rings. The number of thioether (sulfide) groups is 1. The van der Waals surface area contributed by atoms with Crippen molar-refractivity contribution in [2.75, 3.05) is 5.75 Å². The minimum absolute atomic E-state index is 0.116. The van der Waals surface area contributed by atoms with E-state index < -0.39 is 0 Å². The number of carbonyl (C=O) groups is 1. The van der Waals surface area contributed by atoms with Gasteiger partial charge in [0.2, 0.25) is 5.91 Å². The van der Waals surface area contributed by atoms with Crippen molar-refractivity contribution in [3.8, 4) is 0 Å². The summed E-state index contributed by atoms with van der Waals surface area (Å²) in [6, 6.07) is 8.05. The number of benzene rings is 1. The summed E-state index contributed by atoms with van der Waals surface area (Å²) in [5.74, 6) is 3.23. The van der Waals surface area contributed by atoms with Gasteiger partial charge in [-0.15, -0.1) is 0 Å². The maximum absolute atomic E-state index is 12.7. The molecule has 144 valence electrons. The number of nitrogens with zero attached hydrogens (tertiary/aromatic N) is 1. The van der Waals surface area contributed by atoms with Crippen LogP contribution in [0, 0.1) is 23.2 Å². The van der Waals surface area contributed by atoms with Crippen molar-refractivity contribution >= 4 is 28.8 Å². The van der Waals surface area contributed by atoms with E-state index in [1.54, 1.807) is 0 Å². The lowest BCUT2D eigenvalue weighted by Gasteiger charge is -2.59. The van der Waals surface area contributed by atoms with Crippen LogP contribution >= 0.6 is 11.8 Å². The van der Waals surface area contributed by atoms with E-state index >= 15 is 0 Å². The van der Waals surface area contributed by atoms with Crippen molar-refractivity contribution in [1.29, 1.82) is 0 Å². The number of aromatic nitrogens is 1. The third-order valence-corrected chi connectivity index (χ3v) is 8.00. The van der Waals surface area contributed by atoms with Crippen molar-refractivity contribution in [3.05, 3.63) is 24.3 Å². The van der Waals surface area contributed by atoms with Crippen molar-refractivity contribution in [3.63, 3.8) is 0 Å². The molecule has 5 heteroatoms. The van der Waals surface area contributed by atoms with Crippen LogP contribution in [0.1, 0.15) is 51.9 Å². The first-order valence-corrected chi connectivity index (χ1v) is 11.4. The van der Waals surface area contributed by atoms with E-state index in [-0.39, 0.29) is 5.91 Å². The number of amides is 1. The number of hydrogen-bond acceptors (Lipinski definition) is 4. The van der Waals surface area contributed by atoms with E-state index in [2.05, 4.69) is 17.2 Å². The number of fused-ring (bicyclic) bond motifs is 1. The Morgan fingerprint density at radius 2 is 1.89 bits per heavy atom. The minimum atomic E-state index is 0.116. The normalized spacial score (nSPS) is 32.7. The summed E-state index contributed by atoms with van der Waals surface area (Å²) in [5.41, 5.74) is 1.99. The first-order valence-electron chi connectivity index (χ1n) is 10.4. The molecule has 1 heterocycles. The molecule has 1 aromatic heterocycles. The van der Waals surface area contributed by atoms with Gasteiger partial charge in [0.1, 0.15) is 5.52 Å². The summed E-state index contributed by atoms with van der Waals surface area (Å²) in [7, 11) is 0. The number of rotatable bonds is 6. The second-order valence-electron chi connectivity index (χ2n) is 9.04. The molecule has 1 amide bonds. The molecule has 0 radical (unpaired) electrons. The van der Waals surface area contributed by atoms with Crippen LogP contribution in [-0.2, 0) is 4.79 Å². The molecule has 6 rings (SSSR count). The lowest BCUT2D eigenvalue weighted by molar-refractivity contribution is -0.124. The van der Waals surface area contributed by atoms with Crippen LogP contribution < -0.4 is 5.32 Å². The molecule has 1 N–H and O–H groups in total. The van der Waals surface area contributed by atoms with Gasteiger partial charge >= 0.3 is 0 Å². The Morgan fingerprint density at radius 1 is 1.22 bits per heavy atom. The Labute approximate surface area is 164 Å². The minimum Gasteiger partial charge on any atom is -0.431 e. The van der Waals surface area contributed by atoms with Gasteiger partial charge < -0.3 is 9.73 Å². The number of para-hydroxylation sites is 2. The van der Waals surface area contributed by atoms with Gasteiger partial charge in [0, 0.05) is 6.04 Å². The van der Waals surface area contributed by atoms with Crippen molar-refractivity contribution < 1.29 is 9.21 Å². The monoisotopic (exact) mass is 384 g/mol. The standard InChI is InChI=1S/C22H28N2O2S/c1-2-19(22-10-14-7-15(11-22)9-16(8-14)12-22)24-20(25)13-27-21-23-17-5-3-4-6-18(17)26-21/h3-6,14-16,19H,2,7-13H2,1H3,(H,24,25)/t14?,15?,16?,19-,22?/m1/s1. The summed E-state index contributed by atoms with van der Waals surface area (Å²) in [4.78, 5) is 17.1. The molecule has 4 aliphatic carbocycles. The van der Waals surface area contributed by atoms with Crippen LogP contribution in [0.15, 0.2) is 33.9 Å². The fourth-order valence-electron chi connectivity index (χ4n) is 6.57. The molecule has 27 heavy (non-hydrogen) atoms. The van der Waals surface area contributed by atoms with Crippen LogP contribution in [0.25, 0.3) is 11.1 Å². The van der Waals surface area contributed by atoms with Gasteiger partial charge in [0.15, 0.2) is 5.58 Å². The van der Waals surface area contributed by atoms with Crippen LogP contribution in [0.4, 0.5) is 0 Å². The quantitative estimate of drug-likeness (QED) is 0.710. The zero-order valence-corrected chi connectivity index (χ0v) is 16.8. The van der Waals surface area contributed by atoms with Crippen LogP contribution in [-0.4, -0.2) is 22.7 Å². The summed E-state index contributed by atoms with van der Waals surface area (Å²) in [6.45, 7) is 2.23. The van der Waals surface area contributed by atoms with Gasteiger partial charge in [-0.2, -0.15) is 0 Å². The molecule has 4 bridgehead atoms. The van der Waals surface area contributed by atoms with E-state index in [0.717, 1.165) is 35.3 Å². The lowest BCUT2D eigenvalue weighted by atomic mass is 9.47. The Kier molecular flexibility index (Phi) is 4.46. The average Bonchev–Trinajstić information content (AvgIpc) is 3.06. The Bertz CT molecular complexity index is 777. The smallest absolute Gasteiger partial charge is 0.257 e. The van der Waals surface area contributed by atoms with Gasteiger partial charge in [-0.05, 0) is 80.2 Å². The molecule has 0 unspecified atom stereocenters. The summed E-state index contributed by atoms with van der Waals surface area (Å²) >= 11 is 1.39. The molecule has 4 fully saturated rings. The molecule has 1 aromatic carbocycles. The fraction of sp³-hybridized carbons (Fsp3) is 0.636. The highest BCUT2D eigenvalue weighted by molar-refractivity contribution is 7.99. The maximum atomic E-state index is 12.7. The molecule has 0 spiro atoms. The summed E-state index contributed by atoms with van der Waals surface area (Å²) < 4.78 is 5.72. The average molecular weight is 385 g/mol. The lowest BCUT2D eigenvalue weighted by Crippen LogP contribution is -2.57. The SMILES string of the molecule is CC[C@@H](NC(=O)CSc1nc2ccccc2o1)C12CC3CC(CC(C3)C1)C2. The van der Waals surface area contributed by atoms with Crippen LogP contribution in [0.3, 0.4) is 0 Å². The van der Waals surface area contributed by atoms with Gasteiger partial charge in [-0.1, -0.05) is 30.8 Å². The van der Waals surface area contributed by atoms with E-state index in [9.17, 15) is 4.79 Å². The molecule has 0 aliphatic heterocycles. The predicted octanol–water partition coefficient (Wildman–Crippen LogP) is 5.03. The highest BCUT2D eigenvalue weighted by atomic mass is 32.2. The molecule has 4 aliphatic rings. The molecule has 4 saturated carbocycles. The first kappa shape index (κ1) is 17.6. The summed E-state index contributed by atoms with van der Waals surface area (Å²) in [6.07, 6.45) is 9.35. The molecule has 4 nitrogen and oxygen atoms in total. The number of carbonyl (C=O) groups excluding carboxylic acids is 1. The molecule has 0 saturated heterocycles. The van der Waals surface area contributed by atoms with E-state index in [0.29, 0.717) is 22.4 Å². The van der Waals surface area contributed by atoms with Crippen molar-refractivity contribution in [2.24, 2.45) is 23.2 Å². The van der Waals surface area contributed by atoms with Gasteiger partial charge in [0.05, 0.1) is 5.75 Å². The Balaban J connectivity index is 1.23. The third-order valence-electron chi connectivity index (χ3n) is 7.17. The topological polar surface area (TPSA) is 55.1 Å². The summed E-state index contributed by atoms with van der Waals surface area (Å²) in [5, 5.41) is 3.98. The van der Waals surface area contributed by atoms with Gasteiger partial charge in [-0.3, -0.25) is 4.79 Å². The first-order chi connectivity index (χ1) is 13.1. The van der Waals surface area contributed by atoms with E-state index in [1.165, 1.54) is 50.3 Å². The second kappa shape index (κ2) is 6.84.